The first kappa shape index (κ1) is 20.4. The maximum atomic E-state index is 11.3. The van der Waals surface area contributed by atoms with Crippen LogP contribution in [-0.2, 0) is 23.0 Å². The third-order valence-corrected chi connectivity index (χ3v) is 5.17. The van der Waals surface area contributed by atoms with Gasteiger partial charge in [0.05, 0.1) is 5.75 Å². The zero-order valence-electron chi connectivity index (χ0n) is 15.2. The van der Waals surface area contributed by atoms with Crippen LogP contribution in [0.15, 0.2) is 29.3 Å². The van der Waals surface area contributed by atoms with E-state index in [1.165, 1.54) is 11.1 Å². The monoisotopic (exact) mass is 354 g/mol. The van der Waals surface area contributed by atoms with Crippen LogP contribution in [0.2, 0.25) is 0 Å². The molecule has 2 N–H and O–H groups in total. The second-order valence-electron chi connectivity index (χ2n) is 5.65. The van der Waals surface area contributed by atoms with Gasteiger partial charge in [0, 0.05) is 33.7 Å². The highest BCUT2D eigenvalue weighted by atomic mass is 32.2. The molecule has 1 aromatic carbocycles. The van der Waals surface area contributed by atoms with Gasteiger partial charge >= 0.3 is 0 Å². The van der Waals surface area contributed by atoms with Crippen molar-refractivity contribution in [3.63, 3.8) is 0 Å². The van der Waals surface area contributed by atoms with Crippen LogP contribution in [-0.4, -0.2) is 52.2 Å². The van der Waals surface area contributed by atoms with Crippen molar-refractivity contribution in [2.75, 3.05) is 32.9 Å². The van der Waals surface area contributed by atoms with Crippen molar-refractivity contribution in [3.8, 4) is 0 Å². The molecule has 1 aromatic rings. The van der Waals surface area contributed by atoms with Gasteiger partial charge in [0.25, 0.3) is 0 Å². The molecule has 6 nitrogen and oxygen atoms in total. The maximum Gasteiger partial charge on any atom is 0.211 e. The Hall–Kier alpha value is -1.60. The molecule has 1 rings (SSSR count). The first-order valence-electron chi connectivity index (χ1n) is 8.38. The Morgan fingerprint density at radius 2 is 1.75 bits per heavy atom. The van der Waals surface area contributed by atoms with Crippen LogP contribution in [0.1, 0.15) is 31.4 Å². The number of guanidine groups is 1. The van der Waals surface area contributed by atoms with E-state index in [1.807, 2.05) is 7.05 Å². The lowest BCUT2D eigenvalue weighted by Crippen LogP contribution is -2.39. The molecule has 0 fully saturated rings. The summed E-state index contributed by atoms with van der Waals surface area (Å²) in [4.78, 5) is 6.33. The first-order chi connectivity index (χ1) is 11.4. The van der Waals surface area contributed by atoms with Gasteiger partial charge in [-0.15, -0.1) is 0 Å². The predicted molar refractivity (Wildman–Crippen MR) is 101 cm³/mol. The molecular formula is C17H30N4O2S. The zero-order valence-corrected chi connectivity index (χ0v) is 16.0. The third-order valence-electron chi connectivity index (χ3n) is 3.76. The van der Waals surface area contributed by atoms with Crippen molar-refractivity contribution in [1.82, 2.24) is 14.9 Å². The highest BCUT2D eigenvalue weighted by Crippen LogP contribution is 2.07. The van der Waals surface area contributed by atoms with Gasteiger partial charge in [0.1, 0.15) is 0 Å². The smallest absolute Gasteiger partial charge is 0.211 e. The molecular weight excluding hydrogens is 324 g/mol. The van der Waals surface area contributed by atoms with Gasteiger partial charge in [0.15, 0.2) is 5.96 Å². The fourth-order valence-electron chi connectivity index (χ4n) is 2.23. The van der Waals surface area contributed by atoms with E-state index in [0.717, 1.165) is 18.9 Å². The molecule has 0 saturated carbocycles. The van der Waals surface area contributed by atoms with E-state index in [9.17, 15) is 8.42 Å². The Balaban J connectivity index is 2.39. The third kappa shape index (κ3) is 7.31. The van der Waals surface area contributed by atoms with Crippen LogP contribution in [0, 0.1) is 0 Å². The van der Waals surface area contributed by atoms with Gasteiger partial charge in [-0.2, -0.15) is 0 Å². The van der Waals surface area contributed by atoms with Gasteiger partial charge < -0.3 is 10.2 Å². The van der Waals surface area contributed by atoms with E-state index < -0.39 is 10.0 Å². The molecule has 0 spiro atoms. The molecule has 0 amide bonds. The normalized spacial score (nSPS) is 12.2. The predicted octanol–water partition coefficient (Wildman–Crippen LogP) is 1.59. The lowest BCUT2D eigenvalue weighted by molar-refractivity contribution is 0.475. The minimum absolute atomic E-state index is 0.113. The number of benzene rings is 1. The molecule has 0 aliphatic carbocycles. The van der Waals surface area contributed by atoms with Crippen molar-refractivity contribution in [3.05, 3.63) is 35.4 Å². The minimum atomic E-state index is -3.11. The average molecular weight is 355 g/mol. The van der Waals surface area contributed by atoms with Crippen LogP contribution >= 0.6 is 0 Å². The van der Waals surface area contributed by atoms with E-state index in [4.69, 9.17) is 0 Å². The number of rotatable bonds is 9. The molecule has 0 bridgehead atoms. The molecule has 0 aromatic heterocycles. The van der Waals surface area contributed by atoms with Crippen LogP contribution in [0.25, 0.3) is 0 Å². The summed E-state index contributed by atoms with van der Waals surface area (Å²) in [5, 5.41) is 3.26. The van der Waals surface area contributed by atoms with E-state index in [1.54, 1.807) is 14.0 Å². The molecule has 136 valence electrons. The molecule has 0 aliphatic heterocycles. The van der Waals surface area contributed by atoms with E-state index in [-0.39, 0.29) is 5.75 Å². The Morgan fingerprint density at radius 3 is 2.29 bits per heavy atom. The number of nitrogens with zero attached hydrogens (tertiary/aromatic N) is 2. The first-order valence-corrected chi connectivity index (χ1v) is 10.0. The summed E-state index contributed by atoms with van der Waals surface area (Å²) in [5.41, 5.74) is 2.56. The molecule has 0 aliphatic rings. The summed E-state index contributed by atoms with van der Waals surface area (Å²) in [6.45, 7) is 5.64. The van der Waals surface area contributed by atoms with Gasteiger partial charge in [-0.3, -0.25) is 4.99 Å². The van der Waals surface area contributed by atoms with Crippen molar-refractivity contribution in [1.29, 1.82) is 0 Å². The number of aryl methyl sites for hydroxylation is 1. The topological polar surface area (TPSA) is 73.8 Å². The molecule has 24 heavy (non-hydrogen) atoms. The van der Waals surface area contributed by atoms with E-state index >= 15 is 0 Å². The highest BCUT2D eigenvalue weighted by Gasteiger charge is 2.07. The Labute approximate surface area is 146 Å². The van der Waals surface area contributed by atoms with Crippen molar-refractivity contribution >= 4 is 16.0 Å². The second kappa shape index (κ2) is 10.3. The summed E-state index contributed by atoms with van der Waals surface area (Å²) < 4.78 is 25.3. The van der Waals surface area contributed by atoms with Crippen LogP contribution in [0.3, 0.4) is 0 Å². The van der Waals surface area contributed by atoms with Gasteiger partial charge in [0.2, 0.25) is 10.0 Å². The molecule has 0 unspecified atom stereocenters. The van der Waals surface area contributed by atoms with Gasteiger partial charge in [-0.25, -0.2) is 13.1 Å². The lowest BCUT2D eigenvalue weighted by Gasteiger charge is -2.22. The SMILES string of the molecule is CCc1ccc(CN(C)C(=NC)NCCCNS(=O)(=O)CC)cc1. The number of nitrogens with one attached hydrogen (secondary N) is 2. The van der Waals surface area contributed by atoms with E-state index in [2.05, 4.69) is 51.1 Å². The largest absolute Gasteiger partial charge is 0.356 e. The minimum Gasteiger partial charge on any atom is -0.356 e. The average Bonchev–Trinajstić information content (AvgIpc) is 2.58. The van der Waals surface area contributed by atoms with Gasteiger partial charge in [-0.1, -0.05) is 31.2 Å². The fourth-order valence-corrected chi connectivity index (χ4v) is 2.89. The van der Waals surface area contributed by atoms with Crippen molar-refractivity contribution in [2.45, 2.75) is 33.2 Å². The summed E-state index contributed by atoms with van der Waals surface area (Å²) in [5.74, 6) is 0.912. The fraction of sp³-hybridized carbons (Fsp3) is 0.588. The highest BCUT2D eigenvalue weighted by molar-refractivity contribution is 7.89. The number of hydrogen-bond acceptors (Lipinski definition) is 3. The molecule has 0 heterocycles. The number of aliphatic imine (C=N–C) groups is 1. The van der Waals surface area contributed by atoms with Crippen LogP contribution < -0.4 is 10.0 Å². The molecule has 0 atom stereocenters. The van der Waals surface area contributed by atoms with E-state index in [0.29, 0.717) is 19.5 Å². The second-order valence-corrected chi connectivity index (χ2v) is 7.75. The number of hydrogen-bond donors (Lipinski definition) is 2. The van der Waals surface area contributed by atoms with Crippen LogP contribution in [0.5, 0.6) is 0 Å². The summed E-state index contributed by atoms with van der Waals surface area (Å²) >= 11 is 0. The Morgan fingerprint density at radius 1 is 1.12 bits per heavy atom. The quantitative estimate of drug-likeness (QED) is 0.401. The Kier molecular flexibility index (Phi) is 8.78. The number of sulfonamides is 1. The Bertz CT molecular complexity index is 612. The summed E-state index contributed by atoms with van der Waals surface area (Å²) in [7, 11) is 0.631. The molecule has 0 radical (unpaired) electrons. The van der Waals surface area contributed by atoms with Crippen LogP contribution in [0.4, 0.5) is 0 Å². The van der Waals surface area contributed by atoms with Gasteiger partial charge in [-0.05, 0) is 30.9 Å². The summed E-state index contributed by atoms with van der Waals surface area (Å²) in [6, 6.07) is 8.59. The summed E-state index contributed by atoms with van der Waals surface area (Å²) in [6.07, 6.45) is 1.75. The van der Waals surface area contributed by atoms with Crippen molar-refractivity contribution in [2.24, 2.45) is 4.99 Å². The molecule has 0 saturated heterocycles. The zero-order chi connectivity index (χ0) is 18.0. The standard InChI is InChI=1S/C17H30N4O2S/c1-5-15-8-10-16(11-9-15)14-21(4)17(18-3)19-12-7-13-20-24(22,23)6-2/h8-11,20H,5-7,12-14H2,1-4H3,(H,18,19). The van der Waals surface area contributed by atoms with Crippen molar-refractivity contribution < 1.29 is 8.42 Å². The maximum absolute atomic E-state index is 11.3. The lowest BCUT2D eigenvalue weighted by atomic mass is 10.1. The molecule has 7 heteroatoms.